The van der Waals surface area contributed by atoms with E-state index in [0.29, 0.717) is 5.92 Å². The molecule has 0 saturated heterocycles. The fourth-order valence-electron chi connectivity index (χ4n) is 9.19. The van der Waals surface area contributed by atoms with Crippen LogP contribution >= 0.6 is 0 Å². The largest absolute Gasteiger partial charge is 0.373 e. The van der Waals surface area contributed by atoms with Crippen LogP contribution in [0.25, 0.3) is 38.6 Å². The first kappa shape index (κ1) is 32.4. The van der Waals surface area contributed by atoms with Gasteiger partial charge in [-0.1, -0.05) is 103 Å². The van der Waals surface area contributed by atoms with Gasteiger partial charge in [0.25, 0.3) is 0 Å². The summed E-state index contributed by atoms with van der Waals surface area (Å²) in [4.78, 5) is 7.30. The molecule has 0 bridgehead atoms. The predicted molar refractivity (Wildman–Crippen MR) is 229 cm³/mol. The van der Waals surface area contributed by atoms with Crippen molar-refractivity contribution in [2.75, 3.05) is 41.9 Å². The van der Waals surface area contributed by atoms with Crippen LogP contribution in [0.5, 0.6) is 0 Å². The monoisotopic (exact) mass is 700 g/mol. The third kappa shape index (κ3) is 5.44. The summed E-state index contributed by atoms with van der Waals surface area (Å²) >= 11 is 0. The Kier molecular flexibility index (Phi) is 7.98. The van der Waals surface area contributed by atoms with Crippen LogP contribution in [-0.4, -0.2) is 31.8 Å². The Morgan fingerprint density at radius 2 is 1.15 bits per heavy atom. The van der Waals surface area contributed by atoms with Gasteiger partial charge in [-0.2, -0.15) is 0 Å². The fraction of sp³-hybridized carbons (Fsp3) is 0.160. The van der Waals surface area contributed by atoms with Crippen LogP contribution in [0.3, 0.4) is 0 Å². The molecule has 0 saturated carbocycles. The highest BCUT2D eigenvalue weighted by Crippen LogP contribution is 2.47. The number of fused-ring (bicyclic) bond motifs is 6. The van der Waals surface area contributed by atoms with E-state index in [4.69, 9.17) is 0 Å². The molecule has 0 spiro atoms. The highest BCUT2D eigenvalue weighted by Gasteiger charge is 2.30. The summed E-state index contributed by atoms with van der Waals surface area (Å²) in [7, 11) is 4.53. The number of hydrogen-bond donors (Lipinski definition) is 0. The molecule has 1 atom stereocenters. The average Bonchev–Trinajstić information content (AvgIpc) is 3.56. The van der Waals surface area contributed by atoms with E-state index in [9.17, 15) is 0 Å². The van der Waals surface area contributed by atoms with Gasteiger partial charge in [0.2, 0.25) is 0 Å². The molecule has 0 fully saturated rings. The first-order chi connectivity index (χ1) is 26.6. The standard InChI is InChI=1S/C50H44N4/c1-51-32-11-12-38-25-29-45-43(31-33-52(2)50(45)49(38)51)37-21-19-35(20-22-37)36-23-26-41(27-24-36)54-47-18-10-9-17-44(47)46-34-42(28-30-48(46)54)53(39-13-5-3-6-14-39)40-15-7-4-8-16-40/h3-10,13-30,34,43H,11-12,31-33H2,1-2H3. The van der Waals surface area contributed by atoms with E-state index in [-0.39, 0.29) is 0 Å². The van der Waals surface area contributed by atoms with Gasteiger partial charge >= 0.3 is 0 Å². The molecule has 0 N–H and O–H groups in total. The number of para-hydroxylation sites is 3. The molecule has 4 heteroatoms. The van der Waals surface area contributed by atoms with Crippen LogP contribution in [0.2, 0.25) is 0 Å². The summed E-state index contributed by atoms with van der Waals surface area (Å²) in [5, 5.41) is 2.49. The number of benzene rings is 7. The van der Waals surface area contributed by atoms with E-state index in [1.165, 1.54) is 73.8 Å². The van der Waals surface area contributed by atoms with Crippen molar-refractivity contribution < 1.29 is 0 Å². The molecular formula is C50H44N4. The van der Waals surface area contributed by atoms with Gasteiger partial charge in [-0.15, -0.1) is 0 Å². The smallest absolute Gasteiger partial charge is 0.0643 e. The first-order valence-corrected chi connectivity index (χ1v) is 19.3. The van der Waals surface area contributed by atoms with Gasteiger partial charge < -0.3 is 19.3 Å². The van der Waals surface area contributed by atoms with Crippen LogP contribution in [0.4, 0.5) is 28.4 Å². The molecule has 0 aliphatic carbocycles. The zero-order valence-corrected chi connectivity index (χ0v) is 31.0. The summed E-state index contributed by atoms with van der Waals surface area (Å²) in [5.41, 5.74) is 16.7. The van der Waals surface area contributed by atoms with Crippen molar-refractivity contribution in [3.8, 4) is 16.8 Å². The fourth-order valence-corrected chi connectivity index (χ4v) is 9.19. The molecule has 0 amide bonds. The maximum Gasteiger partial charge on any atom is 0.0643 e. The van der Waals surface area contributed by atoms with Crippen molar-refractivity contribution in [3.05, 3.63) is 180 Å². The van der Waals surface area contributed by atoms with Crippen molar-refractivity contribution >= 4 is 50.2 Å². The van der Waals surface area contributed by atoms with Crippen LogP contribution in [0, 0.1) is 0 Å². The Labute approximate surface area is 318 Å². The predicted octanol–water partition coefficient (Wildman–Crippen LogP) is 12.3. The Morgan fingerprint density at radius 1 is 0.519 bits per heavy atom. The van der Waals surface area contributed by atoms with Gasteiger partial charge in [0, 0.05) is 66.6 Å². The maximum absolute atomic E-state index is 2.49. The molecule has 1 aromatic heterocycles. The minimum absolute atomic E-state index is 0.413. The number of anilines is 5. The molecule has 2 aliphatic heterocycles. The molecule has 2 aliphatic rings. The van der Waals surface area contributed by atoms with E-state index in [1.807, 2.05) is 0 Å². The van der Waals surface area contributed by atoms with Crippen LogP contribution < -0.4 is 14.7 Å². The van der Waals surface area contributed by atoms with E-state index >= 15 is 0 Å². The number of aromatic nitrogens is 1. The molecule has 3 heterocycles. The van der Waals surface area contributed by atoms with Crippen LogP contribution in [-0.2, 0) is 6.42 Å². The van der Waals surface area contributed by atoms with Crippen LogP contribution in [0.1, 0.15) is 35.4 Å². The van der Waals surface area contributed by atoms with Crippen molar-refractivity contribution in [2.24, 2.45) is 0 Å². The molecule has 7 aromatic carbocycles. The second-order valence-electron chi connectivity index (χ2n) is 15.0. The molecule has 8 aromatic rings. The Morgan fingerprint density at radius 3 is 1.87 bits per heavy atom. The summed E-state index contributed by atoms with van der Waals surface area (Å²) in [6.45, 7) is 2.21. The topological polar surface area (TPSA) is 14.7 Å². The molecule has 1 unspecified atom stereocenters. The highest BCUT2D eigenvalue weighted by atomic mass is 15.2. The molecule has 10 rings (SSSR count). The number of hydrogen-bond acceptors (Lipinski definition) is 3. The zero-order valence-electron chi connectivity index (χ0n) is 31.0. The minimum atomic E-state index is 0.413. The van der Waals surface area contributed by atoms with Crippen LogP contribution in [0.15, 0.2) is 164 Å². The number of aryl methyl sites for hydroxylation is 1. The van der Waals surface area contributed by atoms with E-state index in [2.05, 4.69) is 197 Å². The van der Waals surface area contributed by atoms with Gasteiger partial charge in [0.1, 0.15) is 0 Å². The van der Waals surface area contributed by atoms with Gasteiger partial charge in [-0.3, -0.25) is 0 Å². The van der Waals surface area contributed by atoms with Crippen molar-refractivity contribution in [1.29, 1.82) is 0 Å². The van der Waals surface area contributed by atoms with Crippen molar-refractivity contribution in [2.45, 2.75) is 25.2 Å². The lowest BCUT2D eigenvalue weighted by molar-refractivity contribution is 0.657. The quantitative estimate of drug-likeness (QED) is 0.172. The molecule has 0 radical (unpaired) electrons. The summed E-state index contributed by atoms with van der Waals surface area (Å²) in [5.74, 6) is 0.413. The van der Waals surface area contributed by atoms with Crippen molar-refractivity contribution in [1.82, 2.24) is 4.57 Å². The number of rotatable bonds is 6. The highest BCUT2D eigenvalue weighted by molar-refractivity contribution is 6.10. The first-order valence-electron chi connectivity index (χ1n) is 19.3. The molecular weight excluding hydrogens is 657 g/mol. The Hall–Kier alpha value is -6.26. The Bertz CT molecular complexity index is 2570. The lowest BCUT2D eigenvalue weighted by Gasteiger charge is -2.40. The maximum atomic E-state index is 2.49. The summed E-state index contributed by atoms with van der Waals surface area (Å²) in [6.07, 6.45) is 3.55. The minimum Gasteiger partial charge on any atom is -0.373 e. The van der Waals surface area contributed by atoms with E-state index in [1.54, 1.807) is 0 Å². The normalized spacial score (nSPS) is 15.3. The average molecular weight is 701 g/mol. The number of nitrogens with zero attached hydrogens (tertiary/aromatic N) is 4. The van der Waals surface area contributed by atoms with E-state index in [0.717, 1.165) is 42.3 Å². The zero-order chi connectivity index (χ0) is 36.2. The third-order valence-corrected chi connectivity index (χ3v) is 11.8. The second-order valence-corrected chi connectivity index (χ2v) is 15.0. The van der Waals surface area contributed by atoms with E-state index < -0.39 is 0 Å². The molecule has 4 nitrogen and oxygen atoms in total. The second kappa shape index (κ2) is 13.3. The van der Waals surface area contributed by atoms with Gasteiger partial charge in [0.05, 0.1) is 22.4 Å². The third-order valence-electron chi connectivity index (χ3n) is 11.8. The lowest BCUT2D eigenvalue weighted by atomic mass is 9.82. The van der Waals surface area contributed by atoms with Gasteiger partial charge in [0.15, 0.2) is 0 Å². The summed E-state index contributed by atoms with van der Waals surface area (Å²) < 4.78 is 2.41. The van der Waals surface area contributed by atoms with Crippen molar-refractivity contribution in [3.63, 3.8) is 0 Å². The Balaban J connectivity index is 0.980. The molecule has 54 heavy (non-hydrogen) atoms. The van der Waals surface area contributed by atoms with Gasteiger partial charge in [-0.25, -0.2) is 0 Å². The van der Waals surface area contributed by atoms with Gasteiger partial charge in [-0.05, 0) is 108 Å². The SMILES string of the molecule is CN1CCCc2ccc3c(c21)N(C)CCC3c1ccc(-c2ccc(-n3c4ccccc4c4cc(N(c5ccccc5)c5ccccc5)ccc43)cc2)cc1. The summed E-state index contributed by atoms with van der Waals surface area (Å²) in [6, 6.07) is 60.2. The lowest BCUT2D eigenvalue weighted by Crippen LogP contribution is -2.33. The molecule has 264 valence electrons.